The minimum absolute atomic E-state index is 0.186. The Kier molecular flexibility index (Phi) is 3.00. The summed E-state index contributed by atoms with van der Waals surface area (Å²) in [5, 5.41) is 6.48. The van der Waals surface area contributed by atoms with Gasteiger partial charge < -0.3 is 4.57 Å². The van der Waals surface area contributed by atoms with Gasteiger partial charge in [-0.15, -0.1) is 11.3 Å². The molecule has 0 fully saturated rings. The maximum atomic E-state index is 11.0. The molecule has 3 aromatic heterocycles. The Morgan fingerprint density at radius 3 is 2.89 bits per heavy atom. The lowest BCUT2D eigenvalue weighted by molar-refractivity contribution is 0.772. The molecule has 0 amide bonds. The zero-order valence-corrected chi connectivity index (χ0v) is 11.1. The number of aryl methyl sites for hydroxylation is 1. The highest BCUT2D eigenvalue weighted by Crippen LogP contribution is 2.26. The molecule has 0 aliphatic carbocycles. The minimum Gasteiger partial charge on any atom is -0.330 e. The molecule has 0 bridgehead atoms. The summed E-state index contributed by atoms with van der Waals surface area (Å²) in [6, 6.07) is 7.32. The first-order valence-electron chi connectivity index (χ1n) is 5.85. The molecule has 0 aliphatic heterocycles. The van der Waals surface area contributed by atoms with Crippen LogP contribution < -0.4 is 5.56 Å². The summed E-state index contributed by atoms with van der Waals surface area (Å²) in [5.41, 5.74) is 0.604. The number of aromatic amines is 1. The molecule has 3 heterocycles. The highest BCUT2D eigenvalue weighted by Gasteiger charge is 2.06. The Balaban J connectivity index is 1.85. The van der Waals surface area contributed by atoms with E-state index < -0.39 is 0 Å². The maximum Gasteiger partial charge on any atom is 0.264 e. The van der Waals surface area contributed by atoms with E-state index in [2.05, 4.69) is 25.8 Å². The van der Waals surface area contributed by atoms with Gasteiger partial charge in [-0.25, -0.2) is 10.1 Å². The van der Waals surface area contributed by atoms with Crippen LogP contribution >= 0.6 is 11.3 Å². The van der Waals surface area contributed by atoms with E-state index in [9.17, 15) is 4.79 Å². The van der Waals surface area contributed by atoms with Crippen molar-refractivity contribution in [3.8, 4) is 10.6 Å². The number of rotatable bonds is 3. The molecule has 0 aromatic carbocycles. The molecular weight excluding hydrogens is 260 g/mol. The van der Waals surface area contributed by atoms with E-state index in [1.54, 1.807) is 23.6 Å². The van der Waals surface area contributed by atoms with Crippen LogP contribution in [0.25, 0.3) is 10.6 Å². The van der Waals surface area contributed by atoms with Gasteiger partial charge in [0.05, 0.1) is 11.4 Å². The second-order valence-electron chi connectivity index (χ2n) is 4.17. The molecule has 3 rings (SSSR count). The SMILES string of the molecule is Cc1nccn1Cc1ccc(-c2ccc(=O)[nH]n2)s1. The van der Waals surface area contributed by atoms with Gasteiger partial charge in [-0.3, -0.25) is 4.79 Å². The van der Waals surface area contributed by atoms with Crippen LogP contribution in [0.5, 0.6) is 0 Å². The Hall–Kier alpha value is -2.21. The number of nitrogens with one attached hydrogen (secondary N) is 1. The average Bonchev–Trinajstić information content (AvgIpc) is 3.01. The van der Waals surface area contributed by atoms with Gasteiger partial charge in [0, 0.05) is 23.3 Å². The van der Waals surface area contributed by atoms with Crippen LogP contribution in [0.15, 0.2) is 41.5 Å². The highest BCUT2D eigenvalue weighted by atomic mass is 32.1. The van der Waals surface area contributed by atoms with E-state index in [1.165, 1.54) is 10.9 Å². The zero-order valence-electron chi connectivity index (χ0n) is 10.3. The zero-order chi connectivity index (χ0) is 13.2. The summed E-state index contributed by atoms with van der Waals surface area (Å²) in [4.78, 5) is 17.5. The summed E-state index contributed by atoms with van der Waals surface area (Å²) < 4.78 is 2.09. The Bertz CT molecular complexity index is 735. The number of H-pyrrole nitrogens is 1. The quantitative estimate of drug-likeness (QED) is 0.793. The van der Waals surface area contributed by atoms with Crippen molar-refractivity contribution in [1.29, 1.82) is 0 Å². The molecule has 0 aliphatic rings. The van der Waals surface area contributed by atoms with Crippen LogP contribution in [-0.2, 0) is 6.54 Å². The van der Waals surface area contributed by atoms with E-state index in [1.807, 2.05) is 19.2 Å². The lowest BCUT2D eigenvalue weighted by atomic mass is 10.3. The van der Waals surface area contributed by atoms with Crippen LogP contribution in [0, 0.1) is 6.92 Å². The Labute approximate surface area is 113 Å². The van der Waals surface area contributed by atoms with Gasteiger partial charge in [0.1, 0.15) is 11.5 Å². The van der Waals surface area contributed by atoms with Crippen molar-refractivity contribution in [1.82, 2.24) is 19.7 Å². The topological polar surface area (TPSA) is 63.6 Å². The van der Waals surface area contributed by atoms with Crippen molar-refractivity contribution in [2.75, 3.05) is 0 Å². The molecule has 5 nitrogen and oxygen atoms in total. The van der Waals surface area contributed by atoms with E-state index >= 15 is 0 Å². The lowest BCUT2D eigenvalue weighted by Crippen LogP contribution is -2.05. The second kappa shape index (κ2) is 4.81. The van der Waals surface area contributed by atoms with E-state index in [0.717, 1.165) is 22.9 Å². The number of hydrogen-bond donors (Lipinski definition) is 1. The molecule has 96 valence electrons. The smallest absolute Gasteiger partial charge is 0.264 e. The first kappa shape index (κ1) is 11.9. The van der Waals surface area contributed by atoms with Gasteiger partial charge in [0.15, 0.2) is 0 Å². The van der Waals surface area contributed by atoms with E-state index in [0.29, 0.717) is 0 Å². The normalized spacial score (nSPS) is 10.8. The molecule has 0 unspecified atom stereocenters. The third kappa shape index (κ3) is 2.48. The minimum atomic E-state index is -0.186. The number of hydrogen-bond acceptors (Lipinski definition) is 4. The average molecular weight is 272 g/mol. The maximum absolute atomic E-state index is 11.0. The summed E-state index contributed by atoms with van der Waals surface area (Å²) >= 11 is 1.67. The van der Waals surface area contributed by atoms with Crippen molar-refractivity contribution in [2.24, 2.45) is 0 Å². The number of aromatic nitrogens is 4. The second-order valence-corrected chi connectivity index (χ2v) is 5.34. The van der Waals surface area contributed by atoms with Crippen molar-refractivity contribution in [2.45, 2.75) is 13.5 Å². The van der Waals surface area contributed by atoms with Crippen LogP contribution in [-0.4, -0.2) is 19.7 Å². The van der Waals surface area contributed by atoms with Crippen LogP contribution in [0.1, 0.15) is 10.7 Å². The first-order valence-corrected chi connectivity index (χ1v) is 6.66. The standard InChI is InChI=1S/C13H12N4OS/c1-9-14-6-7-17(9)8-10-2-4-12(19-10)11-3-5-13(18)16-15-11/h2-7H,8H2,1H3,(H,16,18). The molecule has 0 spiro atoms. The summed E-state index contributed by atoms with van der Waals surface area (Å²) in [5.74, 6) is 0.997. The molecule has 0 saturated carbocycles. The Morgan fingerprint density at radius 1 is 1.32 bits per heavy atom. The van der Waals surface area contributed by atoms with Crippen molar-refractivity contribution < 1.29 is 0 Å². The van der Waals surface area contributed by atoms with Crippen LogP contribution in [0.2, 0.25) is 0 Å². The van der Waals surface area contributed by atoms with Gasteiger partial charge in [-0.1, -0.05) is 0 Å². The molecule has 0 radical (unpaired) electrons. The monoisotopic (exact) mass is 272 g/mol. The van der Waals surface area contributed by atoms with Crippen molar-refractivity contribution in [3.63, 3.8) is 0 Å². The summed E-state index contributed by atoms with van der Waals surface area (Å²) in [7, 11) is 0. The Morgan fingerprint density at radius 2 is 2.21 bits per heavy atom. The van der Waals surface area contributed by atoms with Crippen LogP contribution in [0.4, 0.5) is 0 Å². The molecular formula is C13H12N4OS. The third-order valence-corrected chi connectivity index (χ3v) is 3.94. The predicted molar refractivity (Wildman–Crippen MR) is 74.2 cm³/mol. The van der Waals surface area contributed by atoms with Crippen molar-refractivity contribution in [3.05, 3.63) is 57.7 Å². The van der Waals surface area contributed by atoms with Gasteiger partial charge in [-0.2, -0.15) is 5.10 Å². The fourth-order valence-corrected chi connectivity index (χ4v) is 2.80. The summed E-state index contributed by atoms with van der Waals surface area (Å²) in [6.07, 6.45) is 3.76. The van der Waals surface area contributed by atoms with Gasteiger partial charge in [-0.05, 0) is 25.1 Å². The highest BCUT2D eigenvalue weighted by molar-refractivity contribution is 7.15. The van der Waals surface area contributed by atoms with Gasteiger partial charge in [0.25, 0.3) is 5.56 Å². The summed E-state index contributed by atoms with van der Waals surface area (Å²) in [6.45, 7) is 2.79. The number of imidazole rings is 1. The fourth-order valence-electron chi connectivity index (χ4n) is 1.82. The molecule has 6 heteroatoms. The first-order chi connectivity index (χ1) is 9.22. The molecule has 3 aromatic rings. The fraction of sp³-hybridized carbons (Fsp3) is 0.154. The molecule has 1 N–H and O–H groups in total. The van der Waals surface area contributed by atoms with E-state index in [-0.39, 0.29) is 5.56 Å². The largest absolute Gasteiger partial charge is 0.330 e. The van der Waals surface area contributed by atoms with Gasteiger partial charge in [0.2, 0.25) is 0 Å². The molecule has 0 saturated heterocycles. The van der Waals surface area contributed by atoms with Gasteiger partial charge >= 0.3 is 0 Å². The van der Waals surface area contributed by atoms with Crippen LogP contribution in [0.3, 0.4) is 0 Å². The van der Waals surface area contributed by atoms with E-state index in [4.69, 9.17) is 0 Å². The molecule has 0 atom stereocenters. The number of nitrogens with zero attached hydrogens (tertiary/aromatic N) is 3. The predicted octanol–water partition coefficient (Wildman–Crippen LogP) is 2.05. The number of thiophene rings is 1. The lowest BCUT2D eigenvalue weighted by Gasteiger charge is -2.01. The third-order valence-electron chi connectivity index (χ3n) is 2.84. The van der Waals surface area contributed by atoms with Crippen molar-refractivity contribution >= 4 is 11.3 Å². The molecule has 19 heavy (non-hydrogen) atoms.